The summed E-state index contributed by atoms with van der Waals surface area (Å²) in [5, 5.41) is 27.6. The van der Waals surface area contributed by atoms with Crippen molar-refractivity contribution in [1.82, 2.24) is 15.1 Å². The first-order valence-corrected chi connectivity index (χ1v) is 16.8. The van der Waals surface area contributed by atoms with E-state index in [1.165, 1.54) is 28.9 Å². The molecule has 2 N–H and O–H groups in total. The molecule has 0 unspecified atom stereocenters. The molecule has 9 nitrogen and oxygen atoms in total. The van der Waals surface area contributed by atoms with Gasteiger partial charge in [0.05, 0.1) is 47.2 Å². The second-order valence-electron chi connectivity index (χ2n) is 12.1. The Balaban J connectivity index is 1.60. The van der Waals surface area contributed by atoms with Gasteiger partial charge in [-0.15, -0.1) is 0 Å². The molecule has 240 valence electrons. The smallest absolute Gasteiger partial charge is 0.249 e. The van der Waals surface area contributed by atoms with Gasteiger partial charge in [0.25, 0.3) is 0 Å². The van der Waals surface area contributed by atoms with E-state index in [0.717, 1.165) is 5.69 Å². The monoisotopic (exact) mass is 643 g/mol. The number of carbonyl (C=O) groups excluding carboxylic acids is 1. The summed E-state index contributed by atoms with van der Waals surface area (Å²) in [6.45, 7) is 3.72. The molecule has 3 aromatic rings. The number of nitrogens with one attached hydrogen (secondary N) is 1. The molecule has 13 heteroatoms. The van der Waals surface area contributed by atoms with Crippen LogP contribution in [0.3, 0.4) is 0 Å². The molecular formula is C32H36F3N5O4S. The number of hydrogen-bond donors (Lipinski definition) is 2. The number of aliphatic hydroxyl groups is 1. The maximum Gasteiger partial charge on any atom is 0.249 e. The van der Waals surface area contributed by atoms with Crippen LogP contribution in [0.4, 0.5) is 18.9 Å². The van der Waals surface area contributed by atoms with Crippen LogP contribution in [-0.4, -0.2) is 65.8 Å². The molecule has 0 radical (unpaired) electrons. The standard InChI is InChI=1S/C32H36F3N5O4S/c1-20(2)27(18-36)37-31(42)26-17-32(34,35)12-11-25(26)30-29(28(19-41)40(38-30)24-9-5-22(33)6-10-24)21-3-7-23(8-4-21)39-13-15-45(43,44)16-14-39/h3-10,20,25-27,41H,11-17,19H2,1-2H3,(H,37,42)/t25-,26-,27-/m1/s1. The molecule has 2 fully saturated rings. The summed E-state index contributed by atoms with van der Waals surface area (Å²) in [5.74, 6) is -6.35. The lowest BCUT2D eigenvalue weighted by molar-refractivity contribution is -0.134. The predicted octanol–water partition coefficient (Wildman–Crippen LogP) is 4.59. The first-order chi connectivity index (χ1) is 21.3. The zero-order valence-electron chi connectivity index (χ0n) is 25.1. The molecule has 1 amide bonds. The van der Waals surface area contributed by atoms with Crippen LogP contribution in [0.1, 0.15) is 50.4 Å². The summed E-state index contributed by atoms with van der Waals surface area (Å²) in [6, 6.07) is 13.9. The summed E-state index contributed by atoms with van der Waals surface area (Å²) in [6.07, 6.45) is -1.27. The normalized spacial score (nSPS) is 21.7. The first-order valence-electron chi connectivity index (χ1n) is 14.9. The Hall–Kier alpha value is -3.89. The number of rotatable bonds is 8. The van der Waals surface area contributed by atoms with Crippen molar-refractivity contribution in [2.45, 2.75) is 57.6 Å². The van der Waals surface area contributed by atoms with Crippen molar-refractivity contribution in [3.63, 3.8) is 0 Å². The van der Waals surface area contributed by atoms with Gasteiger partial charge in [0.1, 0.15) is 11.9 Å². The van der Waals surface area contributed by atoms with E-state index in [4.69, 9.17) is 5.10 Å². The largest absolute Gasteiger partial charge is 0.390 e. The zero-order chi connectivity index (χ0) is 32.5. The van der Waals surface area contributed by atoms with E-state index in [2.05, 4.69) is 5.32 Å². The van der Waals surface area contributed by atoms with E-state index in [1.807, 2.05) is 23.1 Å². The SMILES string of the molecule is CC(C)[C@@H](C#N)NC(=O)[C@@H]1CC(F)(F)CC[C@H]1c1nn(-c2ccc(F)cc2)c(CO)c1-c1ccc(N2CCS(=O)(=O)CC2)cc1. The third kappa shape index (κ3) is 7.02. The van der Waals surface area contributed by atoms with Gasteiger partial charge >= 0.3 is 0 Å². The van der Waals surface area contributed by atoms with E-state index in [0.29, 0.717) is 41.3 Å². The Morgan fingerprint density at radius 3 is 2.31 bits per heavy atom. The van der Waals surface area contributed by atoms with Crippen molar-refractivity contribution in [3.05, 3.63) is 65.7 Å². The topological polar surface area (TPSA) is 128 Å². The number of nitrogens with zero attached hydrogens (tertiary/aromatic N) is 4. The number of benzene rings is 2. The Morgan fingerprint density at radius 1 is 1.11 bits per heavy atom. The fraction of sp³-hybridized carbons (Fsp3) is 0.469. The Morgan fingerprint density at radius 2 is 1.73 bits per heavy atom. The maximum absolute atomic E-state index is 14.8. The number of aliphatic hydroxyl groups excluding tert-OH is 1. The predicted molar refractivity (Wildman–Crippen MR) is 163 cm³/mol. The van der Waals surface area contributed by atoms with E-state index < -0.39 is 64.8 Å². The summed E-state index contributed by atoms with van der Waals surface area (Å²) >= 11 is 0. The number of carbonyl (C=O) groups is 1. The molecule has 3 atom stereocenters. The molecule has 5 rings (SSSR count). The minimum atomic E-state index is -3.10. The van der Waals surface area contributed by atoms with Gasteiger partial charge in [-0.1, -0.05) is 26.0 Å². The molecule has 2 aromatic carbocycles. The highest BCUT2D eigenvalue weighted by molar-refractivity contribution is 7.91. The minimum absolute atomic E-state index is 0.0528. The lowest BCUT2D eigenvalue weighted by Gasteiger charge is -2.35. The average Bonchev–Trinajstić information content (AvgIpc) is 3.39. The van der Waals surface area contributed by atoms with Crippen molar-refractivity contribution in [2.24, 2.45) is 11.8 Å². The van der Waals surface area contributed by atoms with Gasteiger partial charge in [-0.2, -0.15) is 10.4 Å². The molecule has 1 aliphatic heterocycles. The van der Waals surface area contributed by atoms with Gasteiger partial charge in [0.2, 0.25) is 11.8 Å². The van der Waals surface area contributed by atoms with Crippen molar-refractivity contribution < 1.29 is 31.5 Å². The van der Waals surface area contributed by atoms with Gasteiger partial charge in [-0.05, 0) is 54.3 Å². The van der Waals surface area contributed by atoms with Crippen molar-refractivity contribution in [3.8, 4) is 22.9 Å². The number of nitriles is 1. The molecule has 0 bridgehead atoms. The van der Waals surface area contributed by atoms with Crippen LogP contribution in [0.15, 0.2) is 48.5 Å². The second kappa shape index (κ2) is 12.8. The van der Waals surface area contributed by atoms with E-state index >= 15 is 0 Å². The number of aromatic nitrogens is 2. The number of anilines is 1. The maximum atomic E-state index is 14.8. The summed E-state index contributed by atoms with van der Waals surface area (Å²) in [4.78, 5) is 15.5. The molecule has 1 aliphatic carbocycles. The Labute approximate surface area is 260 Å². The average molecular weight is 644 g/mol. The van der Waals surface area contributed by atoms with Crippen LogP contribution in [0.2, 0.25) is 0 Å². The Kier molecular flexibility index (Phi) is 9.28. The van der Waals surface area contributed by atoms with Gasteiger partial charge in [-0.25, -0.2) is 26.3 Å². The number of halogens is 3. The number of hydrogen-bond acceptors (Lipinski definition) is 7. The molecule has 1 saturated heterocycles. The highest BCUT2D eigenvalue weighted by atomic mass is 32.2. The van der Waals surface area contributed by atoms with Gasteiger partial charge < -0.3 is 15.3 Å². The first kappa shape index (κ1) is 32.5. The fourth-order valence-corrected chi connectivity index (χ4v) is 7.34. The van der Waals surface area contributed by atoms with Crippen molar-refractivity contribution in [1.29, 1.82) is 5.26 Å². The lowest BCUT2D eigenvalue weighted by atomic mass is 9.73. The van der Waals surface area contributed by atoms with Crippen LogP contribution in [0.25, 0.3) is 16.8 Å². The molecule has 2 heterocycles. The van der Waals surface area contributed by atoms with Gasteiger partial charge in [0.15, 0.2) is 9.84 Å². The third-order valence-electron chi connectivity index (χ3n) is 8.71. The zero-order valence-corrected chi connectivity index (χ0v) is 25.9. The molecule has 0 spiro atoms. The quantitative estimate of drug-likeness (QED) is 0.368. The summed E-state index contributed by atoms with van der Waals surface area (Å²) < 4.78 is 68.8. The van der Waals surface area contributed by atoms with E-state index in [9.17, 15) is 36.8 Å². The van der Waals surface area contributed by atoms with Crippen LogP contribution in [0, 0.1) is 29.0 Å². The fourth-order valence-electron chi connectivity index (χ4n) is 6.14. The molecule has 45 heavy (non-hydrogen) atoms. The van der Waals surface area contributed by atoms with E-state index in [1.54, 1.807) is 26.0 Å². The van der Waals surface area contributed by atoms with Crippen molar-refractivity contribution >= 4 is 21.4 Å². The van der Waals surface area contributed by atoms with Crippen LogP contribution < -0.4 is 10.2 Å². The number of sulfone groups is 1. The molecule has 1 aromatic heterocycles. The third-order valence-corrected chi connectivity index (χ3v) is 10.3. The Bertz CT molecular complexity index is 1670. The second-order valence-corrected chi connectivity index (χ2v) is 14.4. The van der Waals surface area contributed by atoms with Crippen LogP contribution >= 0.6 is 0 Å². The van der Waals surface area contributed by atoms with Crippen molar-refractivity contribution in [2.75, 3.05) is 29.5 Å². The molecule has 2 aliphatic rings. The van der Waals surface area contributed by atoms with Gasteiger partial charge in [0, 0.05) is 43.1 Å². The lowest BCUT2D eigenvalue weighted by Crippen LogP contribution is -2.46. The van der Waals surface area contributed by atoms with Crippen LogP contribution in [0.5, 0.6) is 0 Å². The summed E-state index contributed by atoms with van der Waals surface area (Å²) in [5.41, 5.74) is 3.01. The molecular weight excluding hydrogens is 607 g/mol. The number of amides is 1. The highest BCUT2D eigenvalue weighted by Gasteiger charge is 2.47. The molecule has 1 saturated carbocycles. The van der Waals surface area contributed by atoms with Crippen LogP contribution in [-0.2, 0) is 21.2 Å². The van der Waals surface area contributed by atoms with E-state index in [-0.39, 0.29) is 23.8 Å². The highest BCUT2D eigenvalue weighted by Crippen LogP contribution is 2.48. The minimum Gasteiger partial charge on any atom is -0.390 e. The number of alkyl halides is 2. The summed E-state index contributed by atoms with van der Waals surface area (Å²) in [7, 11) is -3.07. The van der Waals surface area contributed by atoms with Gasteiger partial charge in [-0.3, -0.25) is 4.79 Å².